The SMILES string of the molecule is Cc1ccc(C(=O)[C@@H](OC(=O)Cc2n[nH]c(=O)c3ccccc23)c2ccc(C)cc2)cc1. The lowest BCUT2D eigenvalue weighted by molar-refractivity contribution is -0.146. The third kappa shape index (κ3) is 4.49. The first-order chi connectivity index (χ1) is 15.4. The number of ketones is 1. The molecule has 0 saturated carbocycles. The van der Waals surface area contributed by atoms with Crippen molar-refractivity contribution in [3.63, 3.8) is 0 Å². The molecule has 6 nitrogen and oxygen atoms in total. The van der Waals surface area contributed by atoms with E-state index in [0.717, 1.165) is 11.1 Å². The van der Waals surface area contributed by atoms with Gasteiger partial charge in [0.15, 0.2) is 6.10 Å². The van der Waals surface area contributed by atoms with Gasteiger partial charge in [-0.2, -0.15) is 5.10 Å². The fraction of sp³-hybridized carbons (Fsp3) is 0.154. The molecule has 160 valence electrons. The number of nitrogens with zero attached hydrogens (tertiary/aromatic N) is 1. The van der Waals surface area contributed by atoms with E-state index in [4.69, 9.17) is 4.74 Å². The molecule has 32 heavy (non-hydrogen) atoms. The predicted molar refractivity (Wildman–Crippen MR) is 122 cm³/mol. The van der Waals surface area contributed by atoms with Crippen LogP contribution in [0.4, 0.5) is 0 Å². The van der Waals surface area contributed by atoms with Crippen LogP contribution in [-0.2, 0) is 16.0 Å². The molecule has 3 aromatic carbocycles. The Hall–Kier alpha value is -4.06. The summed E-state index contributed by atoms with van der Waals surface area (Å²) in [6.07, 6.45) is -1.26. The molecular formula is C26H22N2O4. The van der Waals surface area contributed by atoms with Crippen molar-refractivity contribution in [2.24, 2.45) is 0 Å². The number of Topliss-reactive ketones (excluding diaryl/α,β-unsaturated/α-hetero) is 1. The van der Waals surface area contributed by atoms with Crippen molar-refractivity contribution in [3.05, 3.63) is 111 Å². The largest absolute Gasteiger partial charge is 0.449 e. The van der Waals surface area contributed by atoms with E-state index >= 15 is 0 Å². The van der Waals surface area contributed by atoms with E-state index in [9.17, 15) is 14.4 Å². The van der Waals surface area contributed by atoms with Crippen LogP contribution in [0.2, 0.25) is 0 Å². The number of hydrogen-bond donors (Lipinski definition) is 1. The van der Waals surface area contributed by atoms with Gasteiger partial charge in [-0.25, -0.2) is 5.10 Å². The number of fused-ring (bicyclic) bond motifs is 1. The van der Waals surface area contributed by atoms with E-state index in [2.05, 4.69) is 10.2 Å². The minimum Gasteiger partial charge on any atom is -0.449 e. The number of ether oxygens (including phenoxy) is 1. The summed E-state index contributed by atoms with van der Waals surface area (Å²) in [5.74, 6) is -0.915. The highest BCUT2D eigenvalue weighted by molar-refractivity contribution is 6.01. The van der Waals surface area contributed by atoms with Gasteiger partial charge in [0.1, 0.15) is 0 Å². The zero-order valence-corrected chi connectivity index (χ0v) is 17.8. The van der Waals surface area contributed by atoms with Gasteiger partial charge in [0.2, 0.25) is 5.78 Å². The van der Waals surface area contributed by atoms with Crippen LogP contribution in [0.25, 0.3) is 10.8 Å². The maximum Gasteiger partial charge on any atom is 0.313 e. The molecule has 0 radical (unpaired) electrons. The highest BCUT2D eigenvalue weighted by atomic mass is 16.5. The maximum absolute atomic E-state index is 13.2. The summed E-state index contributed by atoms with van der Waals surface area (Å²) in [5.41, 5.74) is 3.17. The second kappa shape index (κ2) is 8.98. The van der Waals surface area contributed by atoms with Crippen molar-refractivity contribution >= 4 is 22.5 Å². The minimum absolute atomic E-state index is 0.180. The van der Waals surface area contributed by atoms with Crippen LogP contribution in [-0.4, -0.2) is 21.9 Å². The third-order valence-electron chi connectivity index (χ3n) is 5.29. The third-order valence-corrected chi connectivity index (χ3v) is 5.29. The predicted octanol–water partition coefficient (Wildman–Crippen LogP) is 4.25. The minimum atomic E-state index is -1.08. The van der Waals surface area contributed by atoms with Crippen molar-refractivity contribution in [1.82, 2.24) is 10.2 Å². The normalized spacial score (nSPS) is 11.8. The lowest BCUT2D eigenvalue weighted by atomic mass is 9.98. The van der Waals surface area contributed by atoms with Crippen LogP contribution < -0.4 is 5.56 Å². The average Bonchev–Trinajstić information content (AvgIpc) is 2.80. The van der Waals surface area contributed by atoms with Gasteiger partial charge >= 0.3 is 5.97 Å². The number of carbonyl (C=O) groups excluding carboxylic acids is 2. The van der Waals surface area contributed by atoms with Crippen LogP contribution in [0.1, 0.15) is 38.8 Å². The van der Waals surface area contributed by atoms with E-state index in [1.165, 1.54) is 0 Å². The number of carbonyl (C=O) groups is 2. The summed E-state index contributed by atoms with van der Waals surface area (Å²) in [6, 6.07) is 21.4. The molecule has 0 spiro atoms. The lowest BCUT2D eigenvalue weighted by Gasteiger charge is -2.18. The first kappa shape index (κ1) is 21.2. The van der Waals surface area contributed by atoms with Crippen LogP contribution in [0.5, 0.6) is 0 Å². The van der Waals surface area contributed by atoms with Gasteiger partial charge in [-0.15, -0.1) is 0 Å². The maximum atomic E-state index is 13.2. The zero-order valence-electron chi connectivity index (χ0n) is 17.8. The number of H-pyrrole nitrogens is 1. The topological polar surface area (TPSA) is 89.1 Å². The van der Waals surface area contributed by atoms with Crippen molar-refractivity contribution in [1.29, 1.82) is 0 Å². The standard InChI is InChI=1S/C26H22N2O4/c1-16-7-11-18(12-8-16)24(30)25(19-13-9-17(2)10-14-19)32-23(29)15-22-20-5-3-4-6-21(20)26(31)28-27-22/h3-14,25H,15H2,1-2H3,(H,28,31)/t25-/m0/s1. The van der Waals surface area contributed by atoms with Crippen molar-refractivity contribution in [3.8, 4) is 0 Å². The summed E-state index contributed by atoms with van der Waals surface area (Å²) >= 11 is 0. The van der Waals surface area contributed by atoms with Crippen LogP contribution in [0, 0.1) is 13.8 Å². The molecule has 1 aromatic heterocycles. The smallest absolute Gasteiger partial charge is 0.313 e. The molecular weight excluding hydrogens is 404 g/mol. The fourth-order valence-electron chi connectivity index (χ4n) is 3.50. The molecule has 4 aromatic rings. The van der Waals surface area contributed by atoms with Gasteiger partial charge in [-0.05, 0) is 19.9 Å². The Labute approximate surface area is 184 Å². The highest BCUT2D eigenvalue weighted by Crippen LogP contribution is 2.25. The Morgan fingerprint density at radius 2 is 1.47 bits per heavy atom. The number of aromatic amines is 1. The van der Waals surface area contributed by atoms with Crippen molar-refractivity contribution in [2.45, 2.75) is 26.4 Å². The van der Waals surface area contributed by atoms with Crippen molar-refractivity contribution in [2.75, 3.05) is 0 Å². The van der Waals surface area contributed by atoms with E-state index in [1.54, 1.807) is 48.5 Å². The summed E-state index contributed by atoms with van der Waals surface area (Å²) < 4.78 is 5.69. The number of esters is 1. The molecule has 0 aliphatic heterocycles. The summed E-state index contributed by atoms with van der Waals surface area (Å²) in [4.78, 5) is 38.1. The molecule has 1 heterocycles. The number of aryl methyl sites for hydroxylation is 2. The second-order valence-electron chi connectivity index (χ2n) is 7.73. The molecule has 0 bridgehead atoms. The van der Waals surface area contributed by atoms with Gasteiger partial charge < -0.3 is 4.74 Å². The Kier molecular flexibility index (Phi) is 5.94. The van der Waals surface area contributed by atoms with E-state index in [-0.39, 0.29) is 17.8 Å². The Bertz CT molecular complexity index is 1340. The van der Waals surface area contributed by atoms with E-state index in [0.29, 0.717) is 27.6 Å². The molecule has 1 atom stereocenters. The first-order valence-electron chi connectivity index (χ1n) is 10.3. The molecule has 4 rings (SSSR count). The molecule has 0 aliphatic carbocycles. The zero-order chi connectivity index (χ0) is 22.7. The Morgan fingerprint density at radius 3 is 2.12 bits per heavy atom. The van der Waals surface area contributed by atoms with E-state index < -0.39 is 12.1 Å². The van der Waals surface area contributed by atoms with E-state index in [1.807, 2.05) is 38.1 Å². The fourth-order valence-corrected chi connectivity index (χ4v) is 3.50. The molecule has 6 heteroatoms. The second-order valence-corrected chi connectivity index (χ2v) is 7.73. The van der Waals surface area contributed by atoms with Gasteiger partial charge in [0.25, 0.3) is 5.56 Å². The quantitative estimate of drug-likeness (QED) is 0.368. The number of aromatic nitrogens is 2. The van der Waals surface area contributed by atoms with Crippen LogP contribution >= 0.6 is 0 Å². The highest BCUT2D eigenvalue weighted by Gasteiger charge is 2.27. The average molecular weight is 426 g/mol. The van der Waals surface area contributed by atoms with Crippen molar-refractivity contribution < 1.29 is 14.3 Å². The summed E-state index contributed by atoms with van der Waals surface area (Å²) in [7, 11) is 0. The van der Waals surface area contributed by atoms with Gasteiger partial charge in [-0.3, -0.25) is 14.4 Å². The lowest BCUT2D eigenvalue weighted by Crippen LogP contribution is -2.22. The Balaban J connectivity index is 1.64. The number of nitrogens with one attached hydrogen (secondary N) is 1. The number of hydrogen-bond acceptors (Lipinski definition) is 5. The molecule has 0 aliphatic rings. The molecule has 0 amide bonds. The molecule has 0 saturated heterocycles. The summed E-state index contributed by atoms with van der Waals surface area (Å²) in [5, 5.41) is 7.46. The van der Waals surface area contributed by atoms with Crippen LogP contribution in [0.3, 0.4) is 0 Å². The van der Waals surface area contributed by atoms with Crippen LogP contribution in [0.15, 0.2) is 77.6 Å². The number of benzene rings is 3. The number of rotatable bonds is 6. The molecule has 1 N–H and O–H groups in total. The molecule has 0 fully saturated rings. The van der Waals surface area contributed by atoms with Gasteiger partial charge in [-0.1, -0.05) is 77.9 Å². The molecule has 0 unspecified atom stereocenters. The van der Waals surface area contributed by atoms with Gasteiger partial charge in [0.05, 0.1) is 17.5 Å². The van der Waals surface area contributed by atoms with Gasteiger partial charge in [0, 0.05) is 16.5 Å². The first-order valence-corrected chi connectivity index (χ1v) is 10.3. The monoisotopic (exact) mass is 426 g/mol. The summed E-state index contributed by atoms with van der Waals surface area (Å²) in [6.45, 7) is 3.88. The Morgan fingerprint density at radius 1 is 0.875 bits per heavy atom.